The average Bonchev–Trinajstić information content (AvgIpc) is 3.21. The first-order valence-corrected chi connectivity index (χ1v) is 11.2. The van der Waals surface area contributed by atoms with Gasteiger partial charge in [0.05, 0.1) is 5.41 Å². The molecule has 1 aromatic heterocycles. The van der Waals surface area contributed by atoms with Gasteiger partial charge in [-0.05, 0) is 54.0 Å². The van der Waals surface area contributed by atoms with E-state index in [2.05, 4.69) is 10.3 Å². The number of thiazole rings is 1. The number of hydrogen-bond donors (Lipinski definition) is 3. The number of anilines is 1. The Morgan fingerprint density at radius 2 is 1.94 bits per heavy atom. The summed E-state index contributed by atoms with van der Waals surface area (Å²) >= 11 is 1.24. The molecule has 7 nitrogen and oxygen atoms in total. The number of aromatic nitrogens is 1. The van der Waals surface area contributed by atoms with Crippen LogP contribution in [0.4, 0.5) is 9.52 Å². The van der Waals surface area contributed by atoms with Gasteiger partial charge in [-0.1, -0.05) is 32.9 Å². The van der Waals surface area contributed by atoms with E-state index in [1.54, 1.807) is 30.7 Å². The third-order valence-electron chi connectivity index (χ3n) is 5.57. The number of allylic oxidation sites excluding steroid dienone is 2. The van der Waals surface area contributed by atoms with E-state index in [1.807, 2.05) is 20.8 Å². The molecule has 9 heteroatoms. The molecule has 5 N–H and O–H groups in total. The number of nitrogens with zero attached hydrogens (tertiary/aromatic N) is 1. The molecule has 1 aliphatic rings. The second kappa shape index (κ2) is 8.90. The summed E-state index contributed by atoms with van der Waals surface area (Å²) in [5.41, 5.74) is 11.1. The minimum atomic E-state index is -1.11. The summed E-state index contributed by atoms with van der Waals surface area (Å²) in [6.07, 6.45) is 5.28. The molecular weight excluding hydrogens is 443 g/mol. The van der Waals surface area contributed by atoms with Gasteiger partial charge < -0.3 is 11.5 Å². The summed E-state index contributed by atoms with van der Waals surface area (Å²) in [7, 11) is 0. The molecule has 1 unspecified atom stereocenters. The molecule has 1 atom stereocenters. The van der Waals surface area contributed by atoms with Crippen molar-refractivity contribution in [1.82, 2.24) is 4.98 Å². The number of benzene rings is 1. The van der Waals surface area contributed by atoms with Crippen molar-refractivity contribution in [3.63, 3.8) is 0 Å². The summed E-state index contributed by atoms with van der Waals surface area (Å²) in [6, 6.07) is 2.52. The van der Waals surface area contributed by atoms with Crippen molar-refractivity contribution in [3.05, 3.63) is 63.9 Å². The Kier molecular flexibility index (Phi) is 6.56. The predicted molar refractivity (Wildman–Crippen MR) is 127 cm³/mol. The number of halogens is 1. The maximum Gasteiger partial charge on any atom is 0.254 e. The zero-order valence-corrected chi connectivity index (χ0v) is 19.8. The molecule has 0 bridgehead atoms. The van der Waals surface area contributed by atoms with Crippen molar-refractivity contribution in [2.75, 3.05) is 5.32 Å². The molecule has 33 heavy (non-hydrogen) atoms. The van der Waals surface area contributed by atoms with E-state index in [1.165, 1.54) is 17.4 Å². The van der Waals surface area contributed by atoms with Crippen LogP contribution in [0.25, 0.3) is 5.57 Å². The molecule has 0 saturated carbocycles. The summed E-state index contributed by atoms with van der Waals surface area (Å²) in [4.78, 5) is 41.8. The number of primary amides is 2. The molecule has 1 heterocycles. The van der Waals surface area contributed by atoms with E-state index in [0.717, 1.165) is 6.07 Å². The van der Waals surface area contributed by atoms with Crippen LogP contribution in [0.1, 0.15) is 55.1 Å². The molecule has 1 aliphatic carbocycles. The van der Waals surface area contributed by atoms with Crippen molar-refractivity contribution in [2.45, 2.75) is 40.5 Å². The fourth-order valence-corrected chi connectivity index (χ4v) is 4.67. The van der Waals surface area contributed by atoms with Crippen molar-refractivity contribution in [3.8, 4) is 0 Å². The van der Waals surface area contributed by atoms with Gasteiger partial charge in [-0.15, -0.1) is 11.3 Å². The van der Waals surface area contributed by atoms with Gasteiger partial charge >= 0.3 is 0 Å². The van der Waals surface area contributed by atoms with Crippen LogP contribution in [0.15, 0.2) is 41.4 Å². The van der Waals surface area contributed by atoms with E-state index < -0.39 is 29.0 Å². The number of nitrogens with one attached hydrogen (secondary N) is 1. The predicted octanol–water partition coefficient (Wildman–Crippen LogP) is 3.95. The van der Waals surface area contributed by atoms with Crippen molar-refractivity contribution in [1.29, 1.82) is 0 Å². The monoisotopic (exact) mass is 470 g/mol. The number of carbonyl (C=O) groups is 3. The van der Waals surface area contributed by atoms with Gasteiger partial charge in [0.2, 0.25) is 11.8 Å². The Labute approximate surface area is 195 Å². The van der Waals surface area contributed by atoms with E-state index in [4.69, 9.17) is 11.5 Å². The highest BCUT2D eigenvalue weighted by Gasteiger charge is 2.42. The van der Waals surface area contributed by atoms with Gasteiger partial charge in [0.25, 0.3) is 5.91 Å². The van der Waals surface area contributed by atoms with Crippen LogP contribution in [-0.2, 0) is 9.59 Å². The quantitative estimate of drug-likeness (QED) is 0.590. The zero-order valence-electron chi connectivity index (χ0n) is 19.0. The first-order chi connectivity index (χ1) is 15.3. The third-order valence-corrected chi connectivity index (χ3v) is 6.26. The van der Waals surface area contributed by atoms with E-state index >= 15 is 0 Å². The van der Waals surface area contributed by atoms with E-state index in [0.29, 0.717) is 22.7 Å². The van der Waals surface area contributed by atoms with Crippen LogP contribution in [0.2, 0.25) is 0 Å². The number of rotatable bonds is 6. The molecular formula is C24H27FN4O3S. The van der Waals surface area contributed by atoms with Crippen molar-refractivity contribution < 1.29 is 18.8 Å². The first kappa shape index (κ1) is 24.3. The van der Waals surface area contributed by atoms with Crippen molar-refractivity contribution in [2.24, 2.45) is 22.3 Å². The molecule has 174 valence electrons. The lowest BCUT2D eigenvalue weighted by Crippen LogP contribution is -2.41. The first-order valence-electron chi connectivity index (χ1n) is 10.4. The maximum atomic E-state index is 14.7. The Balaban J connectivity index is 2.21. The molecule has 0 spiro atoms. The third kappa shape index (κ3) is 5.19. The highest BCUT2D eigenvalue weighted by Crippen LogP contribution is 2.45. The molecule has 0 fully saturated rings. The van der Waals surface area contributed by atoms with Crippen LogP contribution in [0, 0.1) is 23.6 Å². The molecule has 0 radical (unpaired) electrons. The molecule has 3 rings (SSSR count). The fraction of sp³-hybridized carbons (Fsp3) is 0.333. The number of hydrogen-bond acceptors (Lipinski definition) is 5. The van der Waals surface area contributed by atoms with Crippen LogP contribution >= 0.6 is 11.3 Å². The van der Waals surface area contributed by atoms with Crippen LogP contribution in [-0.4, -0.2) is 22.7 Å². The lowest BCUT2D eigenvalue weighted by molar-refractivity contribution is -0.126. The molecule has 2 aromatic rings. The number of carbonyl (C=O) groups excluding carboxylic acids is 3. The molecule has 1 aromatic carbocycles. The van der Waals surface area contributed by atoms with Crippen molar-refractivity contribution >= 4 is 39.8 Å². The van der Waals surface area contributed by atoms with Gasteiger partial charge in [0.1, 0.15) is 5.82 Å². The lowest BCUT2D eigenvalue weighted by atomic mass is 9.66. The second-order valence-electron chi connectivity index (χ2n) is 9.45. The lowest BCUT2D eigenvalue weighted by Gasteiger charge is -2.37. The van der Waals surface area contributed by atoms with Gasteiger partial charge in [0, 0.05) is 22.7 Å². The largest absolute Gasteiger partial charge is 0.369 e. The Morgan fingerprint density at radius 1 is 1.24 bits per heavy atom. The van der Waals surface area contributed by atoms with Gasteiger partial charge in [-0.2, -0.15) is 0 Å². The molecule has 0 saturated heterocycles. The normalized spacial score (nSPS) is 18.3. The van der Waals surface area contributed by atoms with Crippen LogP contribution < -0.4 is 16.8 Å². The Hall–Kier alpha value is -3.33. The van der Waals surface area contributed by atoms with Gasteiger partial charge in [-0.3, -0.25) is 19.7 Å². The fourth-order valence-electron chi connectivity index (χ4n) is 4.15. The Morgan fingerprint density at radius 3 is 2.48 bits per heavy atom. The SMILES string of the molecule is Cc1c(F)cc(C(N)=O)cc1C1=C(C(=O)Nc2nccs2)CC(CC(C)(C)C)(C(N)=O)C=C1. The zero-order chi connectivity index (χ0) is 24.6. The van der Waals surface area contributed by atoms with E-state index in [-0.39, 0.29) is 28.5 Å². The molecule has 3 amide bonds. The smallest absolute Gasteiger partial charge is 0.254 e. The maximum absolute atomic E-state index is 14.7. The van der Waals surface area contributed by atoms with Crippen LogP contribution in [0.3, 0.4) is 0 Å². The summed E-state index contributed by atoms with van der Waals surface area (Å²) in [5, 5.41) is 4.84. The summed E-state index contributed by atoms with van der Waals surface area (Å²) in [6.45, 7) is 7.50. The number of nitrogens with two attached hydrogens (primary N) is 2. The topological polar surface area (TPSA) is 128 Å². The summed E-state index contributed by atoms with van der Waals surface area (Å²) < 4.78 is 14.7. The van der Waals surface area contributed by atoms with Crippen LogP contribution in [0.5, 0.6) is 0 Å². The molecule has 0 aliphatic heterocycles. The van der Waals surface area contributed by atoms with Gasteiger partial charge in [0.15, 0.2) is 5.13 Å². The summed E-state index contributed by atoms with van der Waals surface area (Å²) in [5.74, 6) is -2.44. The highest BCUT2D eigenvalue weighted by molar-refractivity contribution is 7.13. The average molecular weight is 471 g/mol. The van der Waals surface area contributed by atoms with Gasteiger partial charge in [-0.25, -0.2) is 9.37 Å². The standard InChI is InChI=1S/C24H27FN4O3S/c1-13-16(9-14(19(26)30)10-18(13)25)15-5-6-24(21(27)32,12-23(2,3)4)11-17(15)20(31)29-22-28-7-8-33-22/h5-10H,11-12H2,1-4H3,(H2,26,30)(H2,27,32)(H,28,29,31). The second-order valence-corrected chi connectivity index (χ2v) is 10.3. The highest BCUT2D eigenvalue weighted by atomic mass is 32.1. The minimum absolute atomic E-state index is 0.0184. The Bertz CT molecular complexity index is 1180. The van der Waals surface area contributed by atoms with E-state index in [9.17, 15) is 18.8 Å². The minimum Gasteiger partial charge on any atom is -0.369 e. The number of amides is 3.